The Morgan fingerprint density at radius 1 is 1.16 bits per heavy atom. The van der Waals surface area contributed by atoms with Crippen molar-refractivity contribution < 1.29 is 9.32 Å². The predicted octanol–water partition coefficient (Wildman–Crippen LogP) is 5.09. The number of aromatic nitrogens is 1. The van der Waals surface area contributed by atoms with Gasteiger partial charge in [-0.3, -0.25) is 4.79 Å². The summed E-state index contributed by atoms with van der Waals surface area (Å²) in [5.41, 5.74) is 3.56. The van der Waals surface area contributed by atoms with Crippen LogP contribution >= 0.6 is 11.8 Å². The second-order valence-corrected chi connectivity index (χ2v) is 6.74. The Hall–Kier alpha value is -2.53. The van der Waals surface area contributed by atoms with Gasteiger partial charge < -0.3 is 9.84 Å². The van der Waals surface area contributed by atoms with Crippen LogP contribution in [-0.2, 0) is 12.2 Å². The van der Waals surface area contributed by atoms with Gasteiger partial charge in [0.2, 0.25) is 0 Å². The molecule has 5 heteroatoms. The van der Waals surface area contributed by atoms with Crippen LogP contribution in [0.25, 0.3) is 0 Å². The molecule has 3 aromatic rings. The van der Waals surface area contributed by atoms with Crippen molar-refractivity contribution in [3.8, 4) is 0 Å². The topological polar surface area (TPSA) is 55.1 Å². The van der Waals surface area contributed by atoms with E-state index in [0.717, 1.165) is 28.5 Å². The van der Waals surface area contributed by atoms with Crippen molar-refractivity contribution in [2.75, 3.05) is 5.32 Å². The van der Waals surface area contributed by atoms with Crippen molar-refractivity contribution in [1.82, 2.24) is 5.16 Å². The molecule has 0 fully saturated rings. The van der Waals surface area contributed by atoms with E-state index in [1.54, 1.807) is 11.8 Å². The number of anilines is 1. The number of carbonyl (C=O) groups excluding carboxylic acids is 1. The van der Waals surface area contributed by atoms with Crippen molar-refractivity contribution in [2.24, 2.45) is 0 Å². The van der Waals surface area contributed by atoms with E-state index < -0.39 is 0 Å². The first-order valence-corrected chi connectivity index (χ1v) is 9.18. The maximum absolute atomic E-state index is 12.6. The molecule has 1 amide bonds. The maximum atomic E-state index is 12.6. The second kappa shape index (κ2) is 8.03. The molecular weight excluding hydrogens is 332 g/mol. The van der Waals surface area contributed by atoms with Gasteiger partial charge in [-0.25, -0.2) is 0 Å². The third-order valence-electron chi connectivity index (χ3n) is 3.80. The molecular formula is C20H20N2O2S. The van der Waals surface area contributed by atoms with E-state index in [1.807, 2.05) is 61.5 Å². The van der Waals surface area contributed by atoms with E-state index in [4.69, 9.17) is 4.52 Å². The lowest BCUT2D eigenvalue weighted by Gasteiger charge is -2.10. The molecule has 2 aromatic carbocycles. The fourth-order valence-corrected chi connectivity index (χ4v) is 3.36. The van der Waals surface area contributed by atoms with Gasteiger partial charge >= 0.3 is 0 Å². The molecule has 1 aromatic heterocycles. The van der Waals surface area contributed by atoms with Gasteiger partial charge in [0.05, 0.1) is 17.0 Å². The molecule has 128 valence electrons. The predicted molar refractivity (Wildman–Crippen MR) is 101 cm³/mol. The van der Waals surface area contributed by atoms with Crippen LogP contribution in [0, 0.1) is 6.92 Å². The van der Waals surface area contributed by atoms with E-state index in [-0.39, 0.29) is 5.91 Å². The first-order valence-electron chi connectivity index (χ1n) is 8.20. The Bertz CT molecular complexity index is 856. The van der Waals surface area contributed by atoms with Crippen LogP contribution < -0.4 is 5.32 Å². The Morgan fingerprint density at radius 2 is 1.92 bits per heavy atom. The van der Waals surface area contributed by atoms with Crippen LogP contribution in [0.5, 0.6) is 0 Å². The van der Waals surface area contributed by atoms with Gasteiger partial charge in [0.25, 0.3) is 5.91 Å². The smallest absolute Gasteiger partial charge is 0.256 e. The fraction of sp³-hybridized carbons (Fsp3) is 0.200. The number of aryl methyl sites for hydroxylation is 2. The van der Waals surface area contributed by atoms with Gasteiger partial charge in [-0.1, -0.05) is 36.3 Å². The molecule has 0 radical (unpaired) electrons. The number of benzene rings is 2. The first-order chi connectivity index (χ1) is 12.2. The van der Waals surface area contributed by atoms with Crippen molar-refractivity contribution in [1.29, 1.82) is 0 Å². The van der Waals surface area contributed by atoms with Gasteiger partial charge in [0, 0.05) is 16.6 Å². The van der Waals surface area contributed by atoms with Crippen molar-refractivity contribution in [3.05, 3.63) is 77.2 Å². The highest BCUT2D eigenvalue weighted by Gasteiger charge is 2.12. The Balaban J connectivity index is 1.71. The summed E-state index contributed by atoms with van der Waals surface area (Å²) >= 11 is 1.56. The second-order valence-electron chi connectivity index (χ2n) is 5.72. The molecule has 25 heavy (non-hydrogen) atoms. The number of thioether (sulfide) groups is 1. The molecule has 4 nitrogen and oxygen atoms in total. The zero-order valence-electron chi connectivity index (χ0n) is 14.3. The average molecular weight is 352 g/mol. The van der Waals surface area contributed by atoms with Gasteiger partial charge in [-0.2, -0.15) is 0 Å². The number of hydrogen-bond donors (Lipinski definition) is 1. The molecule has 0 unspecified atom stereocenters. The summed E-state index contributed by atoms with van der Waals surface area (Å²) in [5, 5.41) is 6.85. The normalized spacial score (nSPS) is 10.6. The number of hydrogen-bond acceptors (Lipinski definition) is 4. The standard InChI is InChI=1S/C20H20N2O2S/c1-3-15-8-10-16(11-9-15)21-20(23)18-6-4-5-7-19(18)25-13-17-12-14(2)22-24-17/h4-12H,3,13H2,1-2H3,(H,21,23). The lowest BCUT2D eigenvalue weighted by molar-refractivity contribution is 0.102. The van der Waals surface area contributed by atoms with Crippen LogP contribution in [0.4, 0.5) is 5.69 Å². The zero-order valence-corrected chi connectivity index (χ0v) is 15.1. The molecule has 3 rings (SSSR count). The molecule has 0 saturated heterocycles. The minimum Gasteiger partial charge on any atom is -0.360 e. The summed E-state index contributed by atoms with van der Waals surface area (Å²) < 4.78 is 5.23. The Morgan fingerprint density at radius 3 is 2.60 bits per heavy atom. The summed E-state index contributed by atoms with van der Waals surface area (Å²) in [6.07, 6.45) is 0.981. The Kier molecular flexibility index (Phi) is 5.56. The highest BCUT2D eigenvalue weighted by molar-refractivity contribution is 7.98. The quantitative estimate of drug-likeness (QED) is 0.628. The van der Waals surface area contributed by atoms with Gasteiger partial charge in [0.1, 0.15) is 5.76 Å². The van der Waals surface area contributed by atoms with Gasteiger partial charge in [0.15, 0.2) is 0 Å². The van der Waals surface area contributed by atoms with E-state index in [0.29, 0.717) is 11.3 Å². The minimum absolute atomic E-state index is 0.110. The molecule has 1 N–H and O–H groups in total. The third kappa shape index (κ3) is 4.51. The summed E-state index contributed by atoms with van der Waals surface area (Å²) in [7, 11) is 0. The molecule has 0 atom stereocenters. The van der Waals surface area contributed by atoms with Crippen LogP contribution in [0.3, 0.4) is 0 Å². The monoisotopic (exact) mass is 352 g/mol. The molecule has 0 saturated carbocycles. The number of rotatable bonds is 6. The average Bonchev–Trinajstić information content (AvgIpc) is 3.06. The number of nitrogens with zero attached hydrogens (tertiary/aromatic N) is 1. The summed E-state index contributed by atoms with van der Waals surface area (Å²) in [4.78, 5) is 13.6. The lowest BCUT2D eigenvalue weighted by atomic mass is 10.1. The van der Waals surface area contributed by atoms with Crippen molar-refractivity contribution >= 4 is 23.4 Å². The third-order valence-corrected chi connectivity index (χ3v) is 4.89. The van der Waals surface area contributed by atoms with E-state index in [9.17, 15) is 4.79 Å². The lowest BCUT2D eigenvalue weighted by Crippen LogP contribution is -2.13. The zero-order chi connectivity index (χ0) is 17.6. The largest absolute Gasteiger partial charge is 0.360 e. The number of amides is 1. The number of nitrogens with one attached hydrogen (secondary N) is 1. The molecule has 1 heterocycles. The van der Waals surface area contributed by atoms with E-state index in [1.165, 1.54) is 5.56 Å². The molecule has 0 spiro atoms. The van der Waals surface area contributed by atoms with Gasteiger partial charge in [-0.05, 0) is 43.2 Å². The SMILES string of the molecule is CCc1ccc(NC(=O)c2ccccc2SCc2cc(C)no2)cc1. The molecule has 0 aliphatic carbocycles. The maximum Gasteiger partial charge on any atom is 0.256 e. The highest BCUT2D eigenvalue weighted by atomic mass is 32.2. The van der Waals surface area contributed by atoms with E-state index in [2.05, 4.69) is 17.4 Å². The summed E-state index contributed by atoms with van der Waals surface area (Å²) in [5.74, 6) is 1.32. The van der Waals surface area contributed by atoms with E-state index >= 15 is 0 Å². The molecule has 0 aliphatic heterocycles. The van der Waals surface area contributed by atoms with Crippen molar-refractivity contribution in [2.45, 2.75) is 30.9 Å². The van der Waals surface area contributed by atoms with Gasteiger partial charge in [-0.15, -0.1) is 11.8 Å². The summed E-state index contributed by atoms with van der Waals surface area (Å²) in [6.45, 7) is 4.00. The van der Waals surface area contributed by atoms with Crippen LogP contribution in [-0.4, -0.2) is 11.1 Å². The van der Waals surface area contributed by atoms with Crippen molar-refractivity contribution in [3.63, 3.8) is 0 Å². The molecule has 0 bridgehead atoms. The highest BCUT2D eigenvalue weighted by Crippen LogP contribution is 2.27. The first kappa shape index (κ1) is 17.3. The minimum atomic E-state index is -0.110. The number of carbonyl (C=O) groups is 1. The fourth-order valence-electron chi connectivity index (χ4n) is 2.44. The van der Waals surface area contributed by atoms with Crippen LogP contribution in [0.2, 0.25) is 0 Å². The molecule has 0 aliphatic rings. The van der Waals surface area contributed by atoms with Crippen LogP contribution in [0.1, 0.15) is 34.3 Å². The summed E-state index contributed by atoms with van der Waals surface area (Å²) in [6, 6.07) is 17.4. The Labute approximate surface area is 151 Å². The van der Waals surface area contributed by atoms with Crippen LogP contribution in [0.15, 0.2) is 64.0 Å².